The SMILES string of the molecule is O=C(c1cccnc1Br)N1CCCSCC1. The van der Waals surface area contributed by atoms with Crippen LogP contribution in [0.5, 0.6) is 0 Å². The highest BCUT2D eigenvalue weighted by Gasteiger charge is 2.19. The van der Waals surface area contributed by atoms with E-state index in [9.17, 15) is 4.79 Å². The van der Waals surface area contributed by atoms with Crippen molar-refractivity contribution in [2.75, 3.05) is 24.6 Å². The van der Waals surface area contributed by atoms with Gasteiger partial charge in [-0.1, -0.05) is 0 Å². The molecule has 3 nitrogen and oxygen atoms in total. The molecule has 1 fully saturated rings. The average molecular weight is 301 g/mol. The van der Waals surface area contributed by atoms with Gasteiger partial charge >= 0.3 is 0 Å². The summed E-state index contributed by atoms with van der Waals surface area (Å²) >= 11 is 5.23. The minimum atomic E-state index is 0.0856. The van der Waals surface area contributed by atoms with Crippen LogP contribution in [-0.4, -0.2) is 40.4 Å². The minimum absolute atomic E-state index is 0.0856. The van der Waals surface area contributed by atoms with Crippen LogP contribution in [0.1, 0.15) is 16.8 Å². The first kappa shape index (κ1) is 11.9. The number of carbonyl (C=O) groups excluding carboxylic acids is 1. The molecule has 0 unspecified atom stereocenters. The third kappa shape index (κ3) is 2.77. The predicted molar refractivity (Wildman–Crippen MR) is 69.8 cm³/mol. The zero-order valence-corrected chi connectivity index (χ0v) is 11.3. The Morgan fingerprint density at radius 3 is 3.12 bits per heavy atom. The fourth-order valence-corrected chi connectivity index (χ4v) is 2.97. The third-order valence-corrected chi connectivity index (χ3v) is 4.18. The molecule has 86 valence electrons. The van der Waals surface area contributed by atoms with Crippen molar-refractivity contribution in [3.05, 3.63) is 28.5 Å². The van der Waals surface area contributed by atoms with Crippen molar-refractivity contribution >= 4 is 33.6 Å². The number of halogens is 1. The van der Waals surface area contributed by atoms with Crippen LogP contribution in [0.3, 0.4) is 0 Å². The van der Waals surface area contributed by atoms with Crippen molar-refractivity contribution in [3.63, 3.8) is 0 Å². The van der Waals surface area contributed by atoms with Gasteiger partial charge in [0, 0.05) is 25.0 Å². The Balaban J connectivity index is 2.14. The highest BCUT2D eigenvalue weighted by Crippen LogP contribution is 2.17. The van der Waals surface area contributed by atoms with E-state index in [1.165, 1.54) is 0 Å². The van der Waals surface area contributed by atoms with Crippen molar-refractivity contribution in [2.45, 2.75) is 6.42 Å². The van der Waals surface area contributed by atoms with Gasteiger partial charge in [-0.2, -0.15) is 11.8 Å². The van der Waals surface area contributed by atoms with Crippen LogP contribution >= 0.6 is 27.7 Å². The van der Waals surface area contributed by atoms with Gasteiger partial charge in [-0.05, 0) is 40.2 Å². The van der Waals surface area contributed by atoms with Crippen molar-refractivity contribution in [1.29, 1.82) is 0 Å². The molecule has 0 saturated carbocycles. The van der Waals surface area contributed by atoms with E-state index in [1.54, 1.807) is 12.3 Å². The van der Waals surface area contributed by atoms with E-state index in [2.05, 4.69) is 20.9 Å². The van der Waals surface area contributed by atoms with Crippen LogP contribution in [-0.2, 0) is 0 Å². The second kappa shape index (κ2) is 5.68. The van der Waals surface area contributed by atoms with Crippen LogP contribution in [0.2, 0.25) is 0 Å². The molecule has 1 aromatic heterocycles. The van der Waals surface area contributed by atoms with Crippen molar-refractivity contribution in [2.24, 2.45) is 0 Å². The summed E-state index contributed by atoms with van der Waals surface area (Å²) in [4.78, 5) is 18.2. The highest BCUT2D eigenvalue weighted by atomic mass is 79.9. The number of pyridine rings is 1. The Labute approximate surface area is 108 Å². The number of rotatable bonds is 1. The summed E-state index contributed by atoms with van der Waals surface area (Å²) in [5.41, 5.74) is 0.661. The van der Waals surface area contributed by atoms with Crippen LogP contribution in [0.25, 0.3) is 0 Å². The van der Waals surface area contributed by atoms with Crippen LogP contribution < -0.4 is 0 Å². The zero-order chi connectivity index (χ0) is 11.4. The van der Waals surface area contributed by atoms with E-state index in [0.717, 1.165) is 31.0 Å². The molecule has 1 saturated heterocycles. The van der Waals surface area contributed by atoms with Gasteiger partial charge in [0.25, 0.3) is 5.91 Å². The number of nitrogens with zero attached hydrogens (tertiary/aromatic N) is 2. The number of amides is 1. The lowest BCUT2D eigenvalue weighted by Crippen LogP contribution is -2.33. The fourth-order valence-electron chi connectivity index (χ4n) is 1.67. The quantitative estimate of drug-likeness (QED) is 0.747. The van der Waals surface area contributed by atoms with Gasteiger partial charge in [0.15, 0.2) is 0 Å². The minimum Gasteiger partial charge on any atom is -0.338 e. The summed E-state index contributed by atoms with van der Waals surface area (Å²) in [7, 11) is 0. The number of aromatic nitrogens is 1. The molecule has 0 spiro atoms. The van der Waals surface area contributed by atoms with Gasteiger partial charge in [0.2, 0.25) is 0 Å². The molecule has 5 heteroatoms. The number of carbonyl (C=O) groups is 1. The van der Waals surface area contributed by atoms with Gasteiger partial charge in [0.05, 0.1) is 5.56 Å². The molecule has 1 aliphatic rings. The molecule has 1 amide bonds. The molecule has 0 radical (unpaired) electrons. The Morgan fingerprint density at radius 1 is 1.44 bits per heavy atom. The summed E-state index contributed by atoms with van der Waals surface area (Å²) < 4.78 is 0.636. The molecular formula is C11H13BrN2OS. The highest BCUT2D eigenvalue weighted by molar-refractivity contribution is 9.10. The number of thioether (sulfide) groups is 1. The normalized spacial score (nSPS) is 16.9. The first-order valence-electron chi connectivity index (χ1n) is 5.26. The number of hydrogen-bond donors (Lipinski definition) is 0. The topological polar surface area (TPSA) is 33.2 Å². The van der Waals surface area contributed by atoms with Crippen LogP contribution in [0.15, 0.2) is 22.9 Å². The maximum Gasteiger partial charge on any atom is 0.256 e. The molecule has 0 N–H and O–H groups in total. The van der Waals surface area contributed by atoms with Gasteiger partial charge in [-0.25, -0.2) is 4.98 Å². The molecule has 1 aliphatic heterocycles. The van der Waals surface area contributed by atoms with Crippen LogP contribution in [0, 0.1) is 0 Å². The van der Waals surface area contributed by atoms with E-state index in [4.69, 9.17) is 0 Å². The third-order valence-electron chi connectivity index (χ3n) is 2.50. The summed E-state index contributed by atoms with van der Waals surface area (Å²) in [6.45, 7) is 1.69. The maximum atomic E-state index is 12.2. The lowest BCUT2D eigenvalue weighted by Gasteiger charge is -2.20. The monoisotopic (exact) mass is 300 g/mol. The zero-order valence-electron chi connectivity index (χ0n) is 8.86. The van der Waals surface area contributed by atoms with E-state index in [-0.39, 0.29) is 5.91 Å². The summed E-state index contributed by atoms with van der Waals surface area (Å²) in [6, 6.07) is 3.61. The van der Waals surface area contributed by atoms with Gasteiger partial charge in [0.1, 0.15) is 4.60 Å². The first-order valence-corrected chi connectivity index (χ1v) is 7.21. The predicted octanol–water partition coefficient (Wildman–Crippen LogP) is 2.42. The smallest absolute Gasteiger partial charge is 0.256 e. The molecule has 16 heavy (non-hydrogen) atoms. The molecule has 0 bridgehead atoms. The first-order chi connectivity index (χ1) is 7.79. The number of hydrogen-bond acceptors (Lipinski definition) is 3. The second-order valence-corrected chi connectivity index (χ2v) is 5.58. The molecule has 2 rings (SSSR count). The standard InChI is InChI=1S/C11H13BrN2OS/c12-10-9(3-1-4-13-10)11(15)14-5-2-7-16-8-6-14/h1,3-4H,2,5-8H2. The summed E-state index contributed by atoms with van der Waals surface area (Å²) in [5.74, 6) is 2.27. The molecular weight excluding hydrogens is 288 g/mol. The van der Waals surface area contributed by atoms with Gasteiger partial charge in [-0.15, -0.1) is 0 Å². The second-order valence-electron chi connectivity index (χ2n) is 3.60. The Morgan fingerprint density at radius 2 is 2.31 bits per heavy atom. The fraction of sp³-hybridized carbons (Fsp3) is 0.455. The maximum absolute atomic E-state index is 12.2. The molecule has 2 heterocycles. The molecule has 0 atom stereocenters. The van der Waals surface area contributed by atoms with Crippen molar-refractivity contribution < 1.29 is 4.79 Å². The summed E-state index contributed by atoms with van der Waals surface area (Å²) in [5, 5.41) is 0. The van der Waals surface area contributed by atoms with E-state index < -0.39 is 0 Å². The van der Waals surface area contributed by atoms with Gasteiger partial charge < -0.3 is 4.90 Å². The summed E-state index contributed by atoms with van der Waals surface area (Å²) in [6.07, 6.45) is 2.76. The van der Waals surface area contributed by atoms with Crippen molar-refractivity contribution in [3.8, 4) is 0 Å². The van der Waals surface area contributed by atoms with Crippen molar-refractivity contribution in [1.82, 2.24) is 9.88 Å². The van der Waals surface area contributed by atoms with Crippen LogP contribution in [0.4, 0.5) is 0 Å². The van der Waals surface area contributed by atoms with E-state index >= 15 is 0 Å². The lowest BCUT2D eigenvalue weighted by atomic mass is 10.2. The molecule has 0 aliphatic carbocycles. The van der Waals surface area contributed by atoms with E-state index in [1.807, 2.05) is 22.7 Å². The Kier molecular flexibility index (Phi) is 4.23. The Hall–Kier alpha value is -0.550. The van der Waals surface area contributed by atoms with E-state index in [0.29, 0.717) is 10.2 Å². The van der Waals surface area contributed by atoms with Gasteiger partial charge in [-0.3, -0.25) is 4.79 Å². The Bertz CT molecular complexity index is 378. The molecule has 1 aromatic rings. The lowest BCUT2D eigenvalue weighted by molar-refractivity contribution is 0.0767. The largest absolute Gasteiger partial charge is 0.338 e. The average Bonchev–Trinajstić information content (AvgIpc) is 2.57. The molecule has 0 aromatic carbocycles.